The van der Waals surface area contributed by atoms with Crippen LogP contribution in [0, 0.1) is 6.92 Å². The Bertz CT molecular complexity index is 4230. The van der Waals surface area contributed by atoms with Crippen molar-refractivity contribution in [2.24, 2.45) is 0 Å². The molecule has 0 aliphatic carbocycles. The number of amides is 4. The molecular weight excluding hydrogens is 1250 g/mol. The van der Waals surface area contributed by atoms with E-state index in [0.29, 0.717) is 82.4 Å². The van der Waals surface area contributed by atoms with Crippen LogP contribution in [-0.4, -0.2) is 102 Å². The van der Waals surface area contributed by atoms with Gasteiger partial charge in [0.1, 0.15) is 52.1 Å². The maximum absolute atomic E-state index is 13.2. The molecule has 4 atom stereocenters. The molecule has 514 valence electrons. The van der Waals surface area contributed by atoms with E-state index in [1.54, 1.807) is 48.2 Å². The molecule has 3 N–H and O–H groups in total. The number of benzene rings is 8. The SMILES string of the molecule is C.CC.CC.CC.CC.CC[C@]1(c2cc3c(cc2C)OCO3)C(=O)N(C)c2ccccc21.CN1C(=O)[C@@]2(COc3cc4c(cc32)OCO4)c2ccccc21.CN1C(=O)[C@](CO)(c2cc3c(cc2O)OCO3)c2ccccc21.O=C1Nc2ccccc2[C@]12COc1cc3c(cc12)OCO3. The van der Waals surface area contributed by atoms with E-state index in [0.717, 1.165) is 67.5 Å². The molecule has 0 radical (unpaired) electrons. The molecule has 20 nitrogen and oxygen atoms in total. The van der Waals surface area contributed by atoms with Crippen LogP contribution >= 0.6 is 0 Å². The van der Waals surface area contributed by atoms with Crippen LogP contribution < -0.4 is 67.4 Å². The Balaban J connectivity index is 0.000000136. The summed E-state index contributed by atoms with van der Waals surface area (Å²) in [7, 11) is 5.31. The lowest BCUT2D eigenvalue weighted by Crippen LogP contribution is -2.42. The highest BCUT2D eigenvalue weighted by Crippen LogP contribution is 2.57. The normalized spacial score (nSPS) is 20.8. The van der Waals surface area contributed by atoms with E-state index in [-0.39, 0.29) is 64.0 Å². The molecule has 20 heteroatoms. The molecule has 4 amide bonds. The first-order valence-electron chi connectivity index (χ1n) is 33.0. The van der Waals surface area contributed by atoms with Gasteiger partial charge in [-0.15, -0.1) is 0 Å². The summed E-state index contributed by atoms with van der Waals surface area (Å²) in [5, 5.41) is 23.5. The lowest BCUT2D eigenvalue weighted by atomic mass is 9.71. The Kier molecular flexibility index (Phi) is 20.2. The number of anilines is 4. The maximum Gasteiger partial charge on any atom is 0.245 e. The highest BCUT2D eigenvalue weighted by atomic mass is 16.7. The van der Waals surface area contributed by atoms with Crippen molar-refractivity contribution < 1.29 is 76.8 Å². The van der Waals surface area contributed by atoms with Crippen LogP contribution in [0.15, 0.2) is 146 Å². The molecule has 8 aromatic carbocycles. The Morgan fingerprint density at radius 2 is 0.755 bits per heavy atom. The molecule has 0 bridgehead atoms. The molecule has 10 aliphatic rings. The predicted molar refractivity (Wildman–Crippen MR) is 375 cm³/mol. The van der Waals surface area contributed by atoms with Crippen molar-refractivity contribution in [3.63, 3.8) is 0 Å². The smallest absolute Gasteiger partial charge is 0.245 e. The number of hydrogen-bond donors (Lipinski definition) is 3. The van der Waals surface area contributed by atoms with Crippen LogP contribution in [0.3, 0.4) is 0 Å². The number of phenolic OH excluding ortho intramolecular Hbond substituents is 1. The average Bonchev–Trinajstić information content (AvgIpc) is 1.56. The average molecular weight is 1340 g/mol. The van der Waals surface area contributed by atoms with E-state index in [4.69, 9.17) is 47.4 Å². The minimum Gasteiger partial charge on any atom is -0.507 e. The van der Waals surface area contributed by atoms with E-state index < -0.39 is 28.3 Å². The number of nitrogens with one attached hydrogen (secondary N) is 1. The number of nitrogens with zero attached hydrogens (tertiary/aromatic N) is 3. The third kappa shape index (κ3) is 10.6. The summed E-state index contributed by atoms with van der Waals surface area (Å²) in [4.78, 5) is 56.8. The third-order valence-electron chi connectivity index (χ3n) is 18.9. The summed E-state index contributed by atoms with van der Waals surface area (Å²) in [5.41, 5.74) is 7.63. The molecule has 2 spiro atoms. The van der Waals surface area contributed by atoms with Crippen LogP contribution in [0.2, 0.25) is 0 Å². The summed E-state index contributed by atoms with van der Waals surface area (Å²) < 4.78 is 54.9. The summed E-state index contributed by atoms with van der Waals surface area (Å²) in [6.45, 7) is 21.0. The molecule has 0 saturated carbocycles. The first-order valence-corrected chi connectivity index (χ1v) is 33.0. The van der Waals surface area contributed by atoms with E-state index in [1.165, 1.54) is 11.0 Å². The summed E-state index contributed by atoms with van der Waals surface area (Å²) in [6.07, 6.45) is 0.702. The number of para-hydroxylation sites is 4. The van der Waals surface area contributed by atoms with Crippen molar-refractivity contribution in [2.45, 2.75) is 105 Å². The van der Waals surface area contributed by atoms with Gasteiger partial charge in [0.25, 0.3) is 0 Å². The van der Waals surface area contributed by atoms with Gasteiger partial charge in [-0.25, -0.2) is 0 Å². The fraction of sp³-hybridized carbons (Fsp3) is 0.333. The minimum absolute atomic E-state index is 0. The van der Waals surface area contributed by atoms with Crippen LogP contribution in [0.1, 0.15) is 126 Å². The van der Waals surface area contributed by atoms with E-state index >= 15 is 0 Å². The second-order valence-corrected chi connectivity index (χ2v) is 23.0. The first kappa shape index (κ1) is 70.2. The number of aromatic hydroxyl groups is 1. The zero-order valence-electron chi connectivity index (χ0n) is 57.0. The number of aryl methyl sites for hydroxylation is 1. The minimum atomic E-state index is -1.35. The molecule has 8 aromatic rings. The predicted octanol–water partition coefficient (Wildman–Crippen LogP) is 13.6. The van der Waals surface area contributed by atoms with Crippen LogP contribution in [0.25, 0.3) is 0 Å². The molecular formula is C78H86N4O16. The summed E-state index contributed by atoms with van der Waals surface area (Å²) in [6, 6.07) is 45.2. The fourth-order valence-corrected chi connectivity index (χ4v) is 14.4. The second kappa shape index (κ2) is 28.2. The van der Waals surface area contributed by atoms with Gasteiger partial charge in [-0.3, -0.25) is 19.2 Å². The van der Waals surface area contributed by atoms with Gasteiger partial charge < -0.3 is 77.6 Å². The fourth-order valence-electron chi connectivity index (χ4n) is 14.4. The Morgan fingerprint density at radius 3 is 1.24 bits per heavy atom. The number of fused-ring (bicyclic) bond motifs is 14. The highest BCUT2D eigenvalue weighted by Gasteiger charge is 2.58. The number of aliphatic hydroxyl groups excluding tert-OH is 1. The zero-order chi connectivity index (χ0) is 69.3. The molecule has 98 heavy (non-hydrogen) atoms. The van der Waals surface area contributed by atoms with Crippen molar-refractivity contribution in [1.29, 1.82) is 0 Å². The van der Waals surface area contributed by atoms with Gasteiger partial charge >= 0.3 is 0 Å². The van der Waals surface area contributed by atoms with Gasteiger partial charge in [0.2, 0.25) is 50.8 Å². The number of hydrogen-bond acceptors (Lipinski definition) is 16. The number of aliphatic hydroxyl groups is 1. The zero-order valence-corrected chi connectivity index (χ0v) is 57.0. The number of phenols is 1. The van der Waals surface area contributed by atoms with Crippen molar-refractivity contribution in [1.82, 2.24) is 0 Å². The van der Waals surface area contributed by atoms with E-state index in [2.05, 4.69) is 18.3 Å². The molecule has 18 rings (SSSR count). The molecule has 10 heterocycles. The van der Waals surface area contributed by atoms with Gasteiger partial charge in [0.05, 0.1) is 6.61 Å². The molecule has 0 fully saturated rings. The van der Waals surface area contributed by atoms with Gasteiger partial charge in [-0.05, 0) is 101 Å². The molecule has 0 unspecified atom stereocenters. The van der Waals surface area contributed by atoms with Gasteiger partial charge in [-0.2, -0.15) is 0 Å². The van der Waals surface area contributed by atoms with Crippen LogP contribution in [0.5, 0.6) is 63.2 Å². The molecule has 10 aliphatic heterocycles. The van der Waals surface area contributed by atoms with Crippen molar-refractivity contribution in [3.05, 3.63) is 196 Å². The standard InChI is InChI=1S/C19H19NO3.C17H15NO5.C17H13NO4.C16H11NO4.4C2H6.CH4/c1-4-19(13-7-5-6-8-15(13)20(3)18(19)21)14-10-17-16(9-12(14)2)22-11-23-17;1-18-12-5-3-2-4-10(12)17(8-19,16(18)21)11-6-14-15(7-13(11)20)23-9-22-14;1-18-12-5-3-2-4-10(12)17(16(18)19)8-20-13-7-15-14(6-11(13)17)21-9-22-15;18-15-16(9-3-1-2-4-11(9)17-15)7-19-12-6-14-13(5-10(12)16)20-8-21-14;4*1-2;/h5-10H,4,11H2,1-3H3;2-7,19-20H,8-9H2,1H3;2-7H,8-9H2,1H3;1-6H,7-8H2,(H,17,18);4*1-2H3;1H4/t19-;2*17-;16-;;;;;/m0000...../s1. The van der Waals surface area contributed by atoms with Crippen molar-refractivity contribution in [3.8, 4) is 63.2 Å². The topological polar surface area (TPSA) is 223 Å². The quantitative estimate of drug-likeness (QED) is 0.149. The molecule has 0 saturated heterocycles. The number of rotatable bonds is 4. The Hall–Kier alpha value is -10.6. The number of likely N-dealkylation sites (N-methyl/N-ethyl adjacent to an activating group) is 3. The van der Waals surface area contributed by atoms with Gasteiger partial charge in [-0.1, -0.05) is 143 Å². The van der Waals surface area contributed by atoms with Crippen LogP contribution in [-0.2, 0) is 40.8 Å². The first-order chi connectivity index (χ1) is 47.2. The van der Waals surface area contributed by atoms with Gasteiger partial charge in [0, 0.05) is 78.8 Å². The van der Waals surface area contributed by atoms with Gasteiger partial charge in [0.15, 0.2) is 46.0 Å². The number of carbonyl (C=O) groups is 4. The largest absolute Gasteiger partial charge is 0.507 e. The number of ether oxygens (including phenoxy) is 10. The van der Waals surface area contributed by atoms with Crippen molar-refractivity contribution in [2.75, 3.05) is 88.2 Å². The highest BCUT2D eigenvalue weighted by molar-refractivity contribution is 6.13. The second-order valence-electron chi connectivity index (χ2n) is 23.0. The Labute approximate surface area is 572 Å². The maximum atomic E-state index is 13.2. The lowest BCUT2D eigenvalue weighted by Gasteiger charge is -2.29. The molecule has 0 aromatic heterocycles. The summed E-state index contributed by atoms with van der Waals surface area (Å²) in [5.74, 6) is 6.08. The van der Waals surface area contributed by atoms with E-state index in [1.807, 2.05) is 179 Å². The number of carbonyl (C=O) groups excluding carboxylic acids is 4. The summed E-state index contributed by atoms with van der Waals surface area (Å²) >= 11 is 0. The van der Waals surface area contributed by atoms with E-state index in [9.17, 15) is 29.4 Å². The lowest BCUT2D eigenvalue weighted by molar-refractivity contribution is -0.123. The van der Waals surface area contributed by atoms with Crippen molar-refractivity contribution >= 4 is 46.4 Å². The Morgan fingerprint density at radius 1 is 0.398 bits per heavy atom. The van der Waals surface area contributed by atoms with Crippen LogP contribution in [0.4, 0.5) is 22.7 Å². The third-order valence-corrected chi connectivity index (χ3v) is 18.9. The monoisotopic (exact) mass is 1330 g/mol.